The summed E-state index contributed by atoms with van der Waals surface area (Å²) in [6.07, 6.45) is 1.61. The van der Waals surface area contributed by atoms with Gasteiger partial charge in [-0.05, 0) is 48.7 Å². The first-order valence-corrected chi connectivity index (χ1v) is 11.9. The summed E-state index contributed by atoms with van der Waals surface area (Å²) in [5.74, 6) is -0.823. The van der Waals surface area contributed by atoms with Gasteiger partial charge in [-0.1, -0.05) is 48.0 Å². The van der Waals surface area contributed by atoms with Crippen LogP contribution in [0.5, 0.6) is 0 Å². The highest BCUT2D eigenvalue weighted by atomic mass is 35.5. The number of halogens is 1. The van der Waals surface area contributed by atoms with E-state index in [1.165, 1.54) is 6.92 Å². The van der Waals surface area contributed by atoms with Gasteiger partial charge in [0, 0.05) is 40.2 Å². The number of fused-ring (bicyclic) bond motifs is 2. The van der Waals surface area contributed by atoms with E-state index in [0.717, 1.165) is 10.8 Å². The number of hydrogen-bond acceptors (Lipinski definition) is 6. The fraction of sp³-hybridized carbons (Fsp3) is 0.103. The third-order valence-electron chi connectivity index (χ3n) is 5.82. The van der Waals surface area contributed by atoms with E-state index in [-0.39, 0.29) is 17.7 Å². The Labute approximate surface area is 217 Å². The van der Waals surface area contributed by atoms with Gasteiger partial charge in [0.1, 0.15) is 12.2 Å². The normalized spacial score (nSPS) is 11.6. The van der Waals surface area contributed by atoms with E-state index in [2.05, 4.69) is 15.3 Å². The number of aromatic nitrogens is 1. The molecule has 3 aromatic carbocycles. The smallest absolute Gasteiger partial charge is 0.302 e. The van der Waals surface area contributed by atoms with Crippen LogP contribution in [0.2, 0.25) is 5.02 Å². The van der Waals surface area contributed by atoms with E-state index >= 15 is 0 Å². The number of ether oxygens (including phenoxy) is 1. The molecule has 2 aromatic heterocycles. The lowest BCUT2D eigenvalue weighted by molar-refractivity contribution is -0.142. The second kappa shape index (κ2) is 10.2. The molecule has 0 fully saturated rings. The fourth-order valence-corrected chi connectivity index (χ4v) is 4.11. The summed E-state index contributed by atoms with van der Waals surface area (Å²) in [6.45, 7) is 3.12. The van der Waals surface area contributed by atoms with Gasteiger partial charge in [-0.2, -0.15) is 0 Å². The van der Waals surface area contributed by atoms with Gasteiger partial charge in [-0.25, -0.2) is 4.99 Å². The molecular formula is C29H22ClN3O4. The highest BCUT2D eigenvalue weighted by Crippen LogP contribution is 2.26. The topological polar surface area (TPSA) is 93.8 Å². The van der Waals surface area contributed by atoms with Crippen molar-refractivity contribution < 1.29 is 18.7 Å². The van der Waals surface area contributed by atoms with Crippen LogP contribution in [0.25, 0.3) is 21.7 Å². The van der Waals surface area contributed by atoms with Crippen LogP contribution in [0, 0.1) is 6.92 Å². The standard InChI is InChI=1S/C29H22ClN3O4/c1-17-27-24(20(15-31-17)16-36-18(2)34)14-25(29(37-27)32-22-12-10-21(30)11-13-22)28(35)33-26-9-5-7-19-6-3-4-8-23(19)26/h3-15H,16H2,1-2H3,(H,33,35). The Hall–Kier alpha value is -4.49. The first-order chi connectivity index (χ1) is 17.9. The van der Waals surface area contributed by atoms with Crippen molar-refractivity contribution in [2.24, 2.45) is 4.99 Å². The number of carbonyl (C=O) groups is 2. The van der Waals surface area contributed by atoms with Crippen LogP contribution >= 0.6 is 11.6 Å². The predicted octanol–water partition coefficient (Wildman–Crippen LogP) is 6.49. The summed E-state index contributed by atoms with van der Waals surface area (Å²) in [5.41, 5.74) is 3.21. The van der Waals surface area contributed by atoms with Crippen molar-refractivity contribution in [1.29, 1.82) is 0 Å². The maximum absolute atomic E-state index is 13.7. The van der Waals surface area contributed by atoms with Crippen LogP contribution in [0.3, 0.4) is 0 Å². The molecule has 0 radical (unpaired) electrons. The quantitative estimate of drug-likeness (QED) is 0.272. The summed E-state index contributed by atoms with van der Waals surface area (Å²) < 4.78 is 11.4. The van der Waals surface area contributed by atoms with E-state index in [4.69, 9.17) is 20.8 Å². The molecule has 0 aliphatic carbocycles. The van der Waals surface area contributed by atoms with Gasteiger partial charge < -0.3 is 14.5 Å². The molecule has 37 heavy (non-hydrogen) atoms. The fourth-order valence-electron chi connectivity index (χ4n) is 3.99. The molecule has 5 rings (SSSR count). The molecule has 0 aliphatic rings. The SMILES string of the molecule is CC(=O)OCc1cnc(C)c2oc(=Nc3ccc(Cl)cc3)c(C(=O)Nc3cccc4ccccc34)cc12. The molecule has 5 aromatic rings. The molecule has 0 bridgehead atoms. The van der Waals surface area contributed by atoms with Gasteiger partial charge in [0.25, 0.3) is 5.91 Å². The van der Waals surface area contributed by atoms with Crippen molar-refractivity contribution in [3.63, 3.8) is 0 Å². The van der Waals surface area contributed by atoms with E-state index in [0.29, 0.717) is 38.6 Å². The van der Waals surface area contributed by atoms with Crippen molar-refractivity contribution >= 4 is 56.6 Å². The molecule has 1 N–H and O–H groups in total. The van der Waals surface area contributed by atoms with Crippen molar-refractivity contribution in [2.45, 2.75) is 20.5 Å². The first kappa shape index (κ1) is 24.2. The molecule has 0 saturated heterocycles. The monoisotopic (exact) mass is 511 g/mol. The number of anilines is 1. The number of hydrogen-bond donors (Lipinski definition) is 1. The van der Waals surface area contributed by atoms with Crippen molar-refractivity contribution in [3.8, 4) is 0 Å². The number of benzene rings is 3. The van der Waals surface area contributed by atoms with Gasteiger partial charge in [0.05, 0.1) is 11.4 Å². The van der Waals surface area contributed by atoms with Crippen LogP contribution in [-0.2, 0) is 16.1 Å². The van der Waals surface area contributed by atoms with Gasteiger partial charge in [0.15, 0.2) is 5.58 Å². The first-order valence-electron chi connectivity index (χ1n) is 11.5. The highest BCUT2D eigenvalue weighted by molar-refractivity contribution is 6.30. The minimum absolute atomic E-state index is 0.00725. The third-order valence-corrected chi connectivity index (χ3v) is 6.07. The summed E-state index contributed by atoms with van der Waals surface area (Å²) in [5, 5.41) is 6.08. The zero-order valence-electron chi connectivity index (χ0n) is 20.1. The summed E-state index contributed by atoms with van der Waals surface area (Å²) in [7, 11) is 0. The molecule has 2 heterocycles. The summed E-state index contributed by atoms with van der Waals surface area (Å²) in [6, 6.07) is 22.1. The number of pyridine rings is 1. The Morgan fingerprint density at radius 3 is 2.57 bits per heavy atom. The average molecular weight is 512 g/mol. The molecular weight excluding hydrogens is 490 g/mol. The van der Waals surface area contributed by atoms with E-state index in [1.54, 1.807) is 43.5 Å². The number of rotatable bonds is 5. The third kappa shape index (κ3) is 5.22. The van der Waals surface area contributed by atoms with Crippen LogP contribution in [-0.4, -0.2) is 16.9 Å². The van der Waals surface area contributed by atoms with Gasteiger partial charge in [-0.3, -0.25) is 14.6 Å². The van der Waals surface area contributed by atoms with Crippen molar-refractivity contribution in [3.05, 3.63) is 106 Å². The average Bonchev–Trinajstić information content (AvgIpc) is 2.89. The Bertz CT molecular complexity index is 1720. The minimum Gasteiger partial charge on any atom is -0.461 e. The summed E-state index contributed by atoms with van der Waals surface area (Å²) >= 11 is 6.03. The number of esters is 1. The van der Waals surface area contributed by atoms with E-state index < -0.39 is 11.9 Å². The Morgan fingerprint density at radius 1 is 1.03 bits per heavy atom. The lowest BCUT2D eigenvalue weighted by Crippen LogP contribution is -2.22. The van der Waals surface area contributed by atoms with Gasteiger partial charge >= 0.3 is 5.97 Å². The van der Waals surface area contributed by atoms with Crippen molar-refractivity contribution in [1.82, 2.24) is 4.98 Å². The second-order valence-electron chi connectivity index (χ2n) is 8.43. The molecule has 184 valence electrons. The van der Waals surface area contributed by atoms with Crippen LogP contribution in [0.15, 0.2) is 88.4 Å². The Morgan fingerprint density at radius 2 is 1.78 bits per heavy atom. The Balaban J connectivity index is 1.68. The number of nitrogens with zero attached hydrogens (tertiary/aromatic N) is 2. The number of carbonyl (C=O) groups excluding carboxylic acids is 2. The van der Waals surface area contributed by atoms with E-state index in [9.17, 15) is 9.59 Å². The molecule has 0 unspecified atom stereocenters. The largest absolute Gasteiger partial charge is 0.461 e. The van der Waals surface area contributed by atoms with Crippen LogP contribution < -0.4 is 10.9 Å². The van der Waals surface area contributed by atoms with Crippen molar-refractivity contribution in [2.75, 3.05) is 5.32 Å². The van der Waals surface area contributed by atoms with Gasteiger partial charge in [-0.15, -0.1) is 0 Å². The second-order valence-corrected chi connectivity index (χ2v) is 8.86. The molecule has 0 aliphatic heterocycles. The van der Waals surface area contributed by atoms with Crippen LogP contribution in [0.1, 0.15) is 28.5 Å². The number of amides is 1. The zero-order valence-corrected chi connectivity index (χ0v) is 20.9. The molecule has 0 saturated carbocycles. The number of aryl methyl sites for hydroxylation is 1. The molecule has 0 spiro atoms. The molecule has 8 heteroatoms. The lowest BCUT2D eigenvalue weighted by Gasteiger charge is -2.12. The molecule has 7 nitrogen and oxygen atoms in total. The van der Waals surface area contributed by atoms with Gasteiger partial charge in [0.2, 0.25) is 5.55 Å². The van der Waals surface area contributed by atoms with E-state index in [1.807, 2.05) is 42.5 Å². The predicted molar refractivity (Wildman–Crippen MR) is 143 cm³/mol. The lowest BCUT2D eigenvalue weighted by atomic mass is 10.1. The minimum atomic E-state index is -0.422. The number of nitrogens with one attached hydrogen (secondary N) is 1. The maximum Gasteiger partial charge on any atom is 0.302 e. The Kier molecular flexibility index (Phi) is 6.70. The van der Waals surface area contributed by atoms with Crippen LogP contribution in [0.4, 0.5) is 11.4 Å². The molecule has 0 atom stereocenters. The highest BCUT2D eigenvalue weighted by Gasteiger charge is 2.18. The summed E-state index contributed by atoms with van der Waals surface area (Å²) in [4.78, 5) is 34.1. The zero-order chi connectivity index (χ0) is 25.9. The maximum atomic E-state index is 13.7. The molecule has 1 amide bonds.